The molecule has 0 saturated carbocycles. The van der Waals surface area contributed by atoms with E-state index in [2.05, 4.69) is 0 Å². The van der Waals surface area contributed by atoms with E-state index in [1.54, 1.807) is 6.92 Å². The second-order valence-corrected chi connectivity index (χ2v) is 2.52. The van der Waals surface area contributed by atoms with Crippen LogP contribution in [0.4, 0.5) is 0 Å². The number of hydrogen-bond acceptors (Lipinski definition) is 4. The van der Waals surface area contributed by atoms with Crippen LogP contribution in [0, 0.1) is 0 Å². The molecule has 4 heteroatoms. The molecule has 0 aliphatic carbocycles. The van der Waals surface area contributed by atoms with Crippen molar-refractivity contribution >= 4 is 5.78 Å². The van der Waals surface area contributed by atoms with Gasteiger partial charge >= 0.3 is 0 Å². The van der Waals surface area contributed by atoms with Crippen molar-refractivity contribution in [2.45, 2.75) is 38.6 Å². The Morgan fingerprint density at radius 3 is 2.27 bits per heavy atom. The Bertz CT molecular complexity index is 125. The van der Waals surface area contributed by atoms with E-state index >= 15 is 0 Å². The largest absolute Gasteiger partial charge is 0.344 e. The van der Waals surface area contributed by atoms with Crippen LogP contribution in [-0.4, -0.2) is 27.1 Å². The monoisotopic (exact) mass is 162 g/mol. The van der Waals surface area contributed by atoms with Crippen molar-refractivity contribution in [2.24, 2.45) is 0 Å². The molecule has 0 fully saturated rings. The summed E-state index contributed by atoms with van der Waals surface area (Å²) in [6.45, 7) is 1.74. The number of hydrogen-bond donors (Lipinski definition) is 3. The third-order valence-corrected chi connectivity index (χ3v) is 1.36. The molecule has 0 radical (unpaired) electrons. The van der Waals surface area contributed by atoms with E-state index in [-0.39, 0.29) is 12.2 Å². The van der Waals surface area contributed by atoms with Crippen LogP contribution in [0.3, 0.4) is 0 Å². The van der Waals surface area contributed by atoms with Crippen LogP contribution in [-0.2, 0) is 4.79 Å². The highest BCUT2D eigenvalue weighted by molar-refractivity contribution is 5.77. The summed E-state index contributed by atoms with van der Waals surface area (Å²) < 4.78 is 0. The average Bonchev–Trinajstić information content (AvgIpc) is 1.85. The SMILES string of the molecule is CCC(=O)CCCC(O)(O)O. The zero-order valence-electron chi connectivity index (χ0n) is 6.58. The predicted octanol–water partition coefficient (Wildman–Crippen LogP) is -0.233. The molecule has 0 amide bonds. The lowest BCUT2D eigenvalue weighted by Crippen LogP contribution is -2.26. The minimum atomic E-state index is -2.62. The van der Waals surface area contributed by atoms with Gasteiger partial charge < -0.3 is 15.3 Å². The van der Waals surface area contributed by atoms with Gasteiger partial charge in [-0.3, -0.25) is 4.79 Å². The third kappa shape index (κ3) is 7.45. The highest BCUT2D eigenvalue weighted by Gasteiger charge is 2.17. The lowest BCUT2D eigenvalue weighted by atomic mass is 10.1. The Labute approximate surface area is 65.5 Å². The first-order valence-electron chi connectivity index (χ1n) is 3.64. The summed E-state index contributed by atoms with van der Waals surface area (Å²) in [5.74, 6) is -2.55. The van der Waals surface area contributed by atoms with Crippen LogP contribution in [0.25, 0.3) is 0 Å². The molecule has 0 aromatic carbocycles. The van der Waals surface area contributed by atoms with Gasteiger partial charge in [-0.25, -0.2) is 0 Å². The van der Waals surface area contributed by atoms with Crippen LogP contribution >= 0.6 is 0 Å². The van der Waals surface area contributed by atoms with Gasteiger partial charge in [0.1, 0.15) is 5.78 Å². The van der Waals surface area contributed by atoms with Gasteiger partial charge in [0.05, 0.1) is 0 Å². The zero-order chi connectivity index (χ0) is 8.91. The molecule has 66 valence electrons. The van der Waals surface area contributed by atoms with Gasteiger partial charge in [0.2, 0.25) is 0 Å². The number of carbonyl (C=O) groups excluding carboxylic acids is 1. The fraction of sp³-hybridized carbons (Fsp3) is 0.857. The fourth-order valence-electron chi connectivity index (χ4n) is 0.700. The molecular weight excluding hydrogens is 148 g/mol. The first kappa shape index (κ1) is 10.6. The molecule has 0 heterocycles. The highest BCUT2D eigenvalue weighted by Crippen LogP contribution is 2.07. The van der Waals surface area contributed by atoms with Crippen molar-refractivity contribution in [3.63, 3.8) is 0 Å². The quantitative estimate of drug-likeness (QED) is 0.488. The number of ketones is 1. The third-order valence-electron chi connectivity index (χ3n) is 1.36. The maximum Gasteiger partial charge on any atom is 0.275 e. The zero-order valence-corrected chi connectivity index (χ0v) is 6.58. The minimum absolute atomic E-state index is 0.0641. The summed E-state index contributed by atoms with van der Waals surface area (Å²) in [6, 6.07) is 0. The van der Waals surface area contributed by atoms with Gasteiger partial charge in [-0.05, 0) is 6.42 Å². The normalized spacial score (nSPS) is 11.6. The molecule has 0 aromatic rings. The van der Waals surface area contributed by atoms with Crippen LogP contribution in [0.5, 0.6) is 0 Å². The van der Waals surface area contributed by atoms with Crippen molar-refractivity contribution in [1.82, 2.24) is 0 Å². The van der Waals surface area contributed by atoms with E-state index in [0.29, 0.717) is 19.3 Å². The number of Topliss-reactive ketones (excluding diaryl/α,β-unsaturated/α-hetero) is 1. The van der Waals surface area contributed by atoms with E-state index in [1.807, 2.05) is 0 Å². The van der Waals surface area contributed by atoms with Gasteiger partial charge in [-0.2, -0.15) is 0 Å². The molecular formula is C7H14O4. The molecule has 3 N–H and O–H groups in total. The topological polar surface area (TPSA) is 77.8 Å². The van der Waals surface area contributed by atoms with Crippen molar-refractivity contribution < 1.29 is 20.1 Å². The second-order valence-electron chi connectivity index (χ2n) is 2.52. The lowest BCUT2D eigenvalue weighted by Gasteiger charge is -2.12. The summed E-state index contributed by atoms with van der Waals surface area (Å²) >= 11 is 0. The van der Waals surface area contributed by atoms with Gasteiger partial charge in [-0.15, -0.1) is 0 Å². The fourth-order valence-corrected chi connectivity index (χ4v) is 0.700. The molecule has 0 aliphatic heterocycles. The summed E-state index contributed by atoms with van der Waals surface area (Å²) in [5.41, 5.74) is 0. The minimum Gasteiger partial charge on any atom is -0.344 e. The van der Waals surface area contributed by atoms with Crippen molar-refractivity contribution in [1.29, 1.82) is 0 Å². The maximum absolute atomic E-state index is 10.7. The van der Waals surface area contributed by atoms with Crippen molar-refractivity contribution in [2.75, 3.05) is 0 Å². The van der Waals surface area contributed by atoms with Crippen LogP contribution in [0.1, 0.15) is 32.6 Å². The summed E-state index contributed by atoms with van der Waals surface area (Å²) in [6.07, 6.45) is 0.865. The van der Waals surface area contributed by atoms with E-state index in [1.165, 1.54) is 0 Å². The molecule has 0 unspecified atom stereocenters. The Morgan fingerprint density at radius 1 is 1.36 bits per heavy atom. The molecule has 0 bridgehead atoms. The first-order valence-corrected chi connectivity index (χ1v) is 3.64. The predicted molar refractivity (Wildman–Crippen MR) is 38.5 cm³/mol. The molecule has 0 saturated heterocycles. The summed E-state index contributed by atoms with van der Waals surface area (Å²) in [7, 11) is 0. The molecule has 0 spiro atoms. The first-order chi connectivity index (χ1) is 4.95. The highest BCUT2D eigenvalue weighted by atomic mass is 16.7. The average molecular weight is 162 g/mol. The Kier molecular flexibility index (Phi) is 4.25. The lowest BCUT2D eigenvalue weighted by molar-refractivity contribution is -0.314. The van der Waals surface area contributed by atoms with Crippen LogP contribution < -0.4 is 0 Å². The van der Waals surface area contributed by atoms with E-state index < -0.39 is 5.97 Å². The number of carbonyl (C=O) groups is 1. The Hall–Kier alpha value is -0.450. The smallest absolute Gasteiger partial charge is 0.275 e. The molecule has 11 heavy (non-hydrogen) atoms. The Balaban J connectivity index is 3.35. The van der Waals surface area contributed by atoms with Crippen LogP contribution in [0.2, 0.25) is 0 Å². The van der Waals surface area contributed by atoms with Gasteiger partial charge in [0.15, 0.2) is 0 Å². The van der Waals surface area contributed by atoms with Crippen molar-refractivity contribution in [3.8, 4) is 0 Å². The van der Waals surface area contributed by atoms with E-state index in [4.69, 9.17) is 15.3 Å². The number of aliphatic hydroxyl groups is 3. The standard InChI is InChI=1S/C7H14O4/c1-2-6(8)4-3-5-7(9,10)11/h9-11H,2-5H2,1H3. The van der Waals surface area contributed by atoms with Gasteiger partial charge in [0.25, 0.3) is 5.97 Å². The van der Waals surface area contributed by atoms with Crippen LogP contribution in [0.15, 0.2) is 0 Å². The summed E-state index contributed by atoms with van der Waals surface area (Å²) in [4.78, 5) is 10.7. The molecule has 0 atom stereocenters. The Morgan fingerprint density at radius 2 is 1.91 bits per heavy atom. The van der Waals surface area contributed by atoms with Gasteiger partial charge in [0, 0.05) is 19.3 Å². The van der Waals surface area contributed by atoms with Crippen molar-refractivity contribution in [3.05, 3.63) is 0 Å². The molecule has 0 aliphatic rings. The van der Waals surface area contributed by atoms with E-state index in [0.717, 1.165) is 0 Å². The molecule has 0 rings (SSSR count). The van der Waals surface area contributed by atoms with E-state index in [9.17, 15) is 4.79 Å². The molecule has 0 aromatic heterocycles. The number of rotatable bonds is 5. The molecule has 4 nitrogen and oxygen atoms in total. The summed E-state index contributed by atoms with van der Waals surface area (Å²) in [5, 5.41) is 25.2. The maximum atomic E-state index is 10.7. The van der Waals surface area contributed by atoms with Gasteiger partial charge in [-0.1, -0.05) is 6.92 Å². The second kappa shape index (κ2) is 4.43.